The Morgan fingerprint density at radius 3 is 2.75 bits per heavy atom. The number of hydrogen-bond donors (Lipinski definition) is 1. The minimum absolute atomic E-state index is 0.211. The zero-order valence-corrected chi connectivity index (χ0v) is 10.1. The first-order chi connectivity index (χ1) is 7.63. The van der Waals surface area contributed by atoms with Gasteiger partial charge in [-0.05, 0) is 37.6 Å². The van der Waals surface area contributed by atoms with Crippen LogP contribution in [0.5, 0.6) is 0 Å². The molecule has 0 amide bonds. The second-order valence-corrected chi connectivity index (χ2v) is 4.79. The Balaban J connectivity index is 2.04. The zero-order chi connectivity index (χ0) is 11.5. The average molecular weight is 236 g/mol. The van der Waals surface area contributed by atoms with Crippen LogP contribution in [0.4, 0.5) is 10.1 Å². The number of benzene rings is 1. The molecule has 0 fully saturated rings. The standard InChI is InChI=1S/C12H13FN2S/c1-8-3-10(13)5-11(4-8)14-6-12-7-16-9(2)15-12/h3-5,7,14H,6H2,1-2H3. The minimum atomic E-state index is -0.211. The maximum atomic E-state index is 13.1. The summed E-state index contributed by atoms with van der Waals surface area (Å²) in [6.07, 6.45) is 0. The van der Waals surface area contributed by atoms with Crippen molar-refractivity contribution in [1.82, 2.24) is 4.98 Å². The molecule has 0 saturated carbocycles. The van der Waals surface area contributed by atoms with Crippen molar-refractivity contribution in [3.8, 4) is 0 Å². The highest BCUT2D eigenvalue weighted by molar-refractivity contribution is 7.09. The molecule has 84 valence electrons. The van der Waals surface area contributed by atoms with E-state index in [1.54, 1.807) is 11.3 Å². The van der Waals surface area contributed by atoms with E-state index >= 15 is 0 Å². The van der Waals surface area contributed by atoms with Crippen LogP contribution >= 0.6 is 11.3 Å². The Morgan fingerprint density at radius 1 is 1.31 bits per heavy atom. The van der Waals surface area contributed by atoms with E-state index in [9.17, 15) is 4.39 Å². The highest BCUT2D eigenvalue weighted by Gasteiger charge is 2.00. The fourth-order valence-corrected chi connectivity index (χ4v) is 2.13. The monoisotopic (exact) mass is 236 g/mol. The van der Waals surface area contributed by atoms with Crippen molar-refractivity contribution in [2.75, 3.05) is 5.32 Å². The molecule has 0 unspecified atom stereocenters. The number of thiazole rings is 1. The van der Waals surface area contributed by atoms with Crippen molar-refractivity contribution < 1.29 is 4.39 Å². The van der Waals surface area contributed by atoms with Crippen molar-refractivity contribution in [2.45, 2.75) is 20.4 Å². The van der Waals surface area contributed by atoms with E-state index < -0.39 is 0 Å². The summed E-state index contributed by atoms with van der Waals surface area (Å²) >= 11 is 1.62. The molecule has 0 aliphatic heterocycles. The van der Waals surface area contributed by atoms with Gasteiger partial charge in [0.05, 0.1) is 17.2 Å². The quantitative estimate of drug-likeness (QED) is 0.882. The lowest BCUT2D eigenvalue weighted by atomic mass is 10.2. The normalized spacial score (nSPS) is 10.4. The summed E-state index contributed by atoms with van der Waals surface area (Å²) in [7, 11) is 0. The topological polar surface area (TPSA) is 24.9 Å². The maximum absolute atomic E-state index is 13.1. The molecule has 0 radical (unpaired) electrons. The van der Waals surface area contributed by atoms with E-state index in [1.165, 1.54) is 12.1 Å². The Labute approximate surface area is 98.2 Å². The molecule has 2 aromatic rings. The van der Waals surface area contributed by atoms with Gasteiger partial charge in [-0.1, -0.05) is 0 Å². The largest absolute Gasteiger partial charge is 0.379 e. The first-order valence-corrected chi connectivity index (χ1v) is 5.93. The molecular weight excluding hydrogens is 223 g/mol. The van der Waals surface area contributed by atoms with Crippen molar-refractivity contribution in [3.05, 3.63) is 45.7 Å². The van der Waals surface area contributed by atoms with Crippen molar-refractivity contribution in [2.24, 2.45) is 0 Å². The van der Waals surface area contributed by atoms with Gasteiger partial charge in [-0.2, -0.15) is 0 Å². The molecule has 0 spiro atoms. The molecule has 2 nitrogen and oxygen atoms in total. The lowest BCUT2D eigenvalue weighted by molar-refractivity contribution is 0.627. The number of aryl methyl sites for hydroxylation is 2. The number of aromatic nitrogens is 1. The predicted octanol–water partition coefficient (Wildman–Crippen LogP) is 3.51. The molecule has 1 heterocycles. The van der Waals surface area contributed by atoms with Gasteiger partial charge in [-0.15, -0.1) is 11.3 Å². The molecule has 0 bridgehead atoms. The fourth-order valence-electron chi connectivity index (χ4n) is 1.52. The van der Waals surface area contributed by atoms with Crippen LogP contribution in [0.1, 0.15) is 16.3 Å². The zero-order valence-electron chi connectivity index (χ0n) is 9.25. The van der Waals surface area contributed by atoms with Gasteiger partial charge in [0.2, 0.25) is 0 Å². The van der Waals surface area contributed by atoms with Gasteiger partial charge in [0.15, 0.2) is 0 Å². The van der Waals surface area contributed by atoms with Crippen molar-refractivity contribution in [3.63, 3.8) is 0 Å². The highest BCUT2D eigenvalue weighted by atomic mass is 32.1. The number of nitrogens with zero attached hydrogens (tertiary/aromatic N) is 1. The second kappa shape index (κ2) is 4.61. The summed E-state index contributed by atoms with van der Waals surface area (Å²) in [5.41, 5.74) is 2.70. The van der Waals surface area contributed by atoms with Crippen LogP contribution in [0.15, 0.2) is 23.6 Å². The Bertz CT molecular complexity index is 473. The fraction of sp³-hybridized carbons (Fsp3) is 0.250. The van der Waals surface area contributed by atoms with Gasteiger partial charge in [0.1, 0.15) is 5.82 Å². The molecule has 0 saturated heterocycles. The number of rotatable bonds is 3. The lowest BCUT2D eigenvalue weighted by Crippen LogP contribution is -2.00. The molecule has 1 aromatic heterocycles. The average Bonchev–Trinajstić information content (AvgIpc) is 2.60. The van der Waals surface area contributed by atoms with Crippen LogP contribution in [-0.4, -0.2) is 4.98 Å². The van der Waals surface area contributed by atoms with E-state index in [0.717, 1.165) is 22.0 Å². The van der Waals surface area contributed by atoms with E-state index in [1.807, 2.05) is 25.3 Å². The molecular formula is C12H13FN2S. The molecule has 2 rings (SSSR count). The Hall–Kier alpha value is -1.42. The third kappa shape index (κ3) is 2.79. The molecule has 4 heteroatoms. The summed E-state index contributed by atoms with van der Waals surface area (Å²) in [6, 6.07) is 4.92. The number of nitrogens with one attached hydrogen (secondary N) is 1. The minimum Gasteiger partial charge on any atom is -0.379 e. The van der Waals surface area contributed by atoms with Crippen LogP contribution in [0, 0.1) is 19.7 Å². The van der Waals surface area contributed by atoms with E-state index in [2.05, 4.69) is 10.3 Å². The predicted molar refractivity (Wildman–Crippen MR) is 65.3 cm³/mol. The van der Waals surface area contributed by atoms with Crippen LogP contribution in [0.25, 0.3) is 0 Å². The number of anilines is 1. The summed E-state index contributed by atoms with van der Waals surface area (Å²) in [5.74, 6) is -0.211. The first kappa shape index (κ1) is 11.1. The van der Waals surface area contributed by atoms with E-state index in [4.69, 9.17) is 0 Å². The molecule has 1 N–H and O–H groups in total. The van der Waals surface area contributed by atoms with Crippen LogP contribution in [0.3, 0.4) is 0 Å². The molecule has 0 atom stereocenters. The number of hydrogen-bond acceptors (Lipinski definition) is 3. The maximum Gasteiger partial charge on any atom is 0.125 e. The third-order valence-electron chi connectivity index (χ3n) is 2.18. The van der Waals surface area contributed by atoms with E-state index in [-0.39, 0.29) is 5.82 Å². The SMILES string of the molecule is Cc1cc(F)cc(NCc2csc(C)n2)c1. The lowest BCUT2D eigenvalue weighted by Gasteiger charge is -2.05. The van der Waals surface area contributed by atoms with Gasteiger partial charge >= 0.3 is 0 Å². The van der Waals surface area contributed by atoms with Gasteiger partial charge in [0, 0.05) is 11.1 Å². The van der Waals surface area contributed by atoms with Crippen LogP contribution < -0.4 is 5.32 Å². The van der Waals surface area contributed by atoms with Gasteiger partial charge in [-0.25, -0.2) is 9.37 Å². The summed E-state index contributed by atoms with van der Waals surface area (Å²) < 4.78 is 13.1. The number of halogens is 1. The van der Waals surface area contributed by atoms with Crippen molar-refractivity contribution >= 4 is 17.0 Å². The summed E-state index contributed by atoms with van der Waals surface area (Å²) in [6.45, 7) is 4.48. The smallest absolute Gasteiger partial charge is 0.125 e. The van der Waals surface area contributed by atoms with Gasteiger partial charge in [0.25, 0.3) is 0 Å². The first-order valence-electron chi connectivity index (χ1n) is 5.05. The molecule has 0 aliphatic rings. The second-order valence-electron chi connectivity index (χ2n) is 3.73. The van der Waals surface area contributed by atoms with Gasteiger partial charge < -0.3 is 5.32 Å². The molecule has 1 aromatic carbocycles. The summed E-state index contributed by atoms with van der Waals surface area (Å²) in [4.78, 5) is 4.33. The van der Waals surface area contributed by atoms with Gasteiger partial charge in [-0.3, -0.25) is 0 Å². The molecule has 16 heavy (non-hydrogen) atoms. The highest BCUT2D eigenvalue weighted by Crippen LogP contribution is 2.15. The Morgan fingerprint density at radius 2 is 2.12 bits per heavy atom. The third-order valence-corrected chi connectivity index (χ3v) is 3.00. The summed E-state index contributed by atoms with van der Waals surface area (Å²) in [5, 5.41) is 6.22. The van der Waals surface area contributed by atoms with Crippen LogP contribution in [0.2, 0.25) is 0 Å². The van der Waals surface area contributed by atoms with E-state index in [0.29, 0.717) is 6.54 Å². The molecule has 0 aliphatic carbocycles. The Kier molecular flexibility index (Phi) is 3.19. The van der Waals surface area contributed by atoms with Crippen LogP contribution in [-0.2, 0) is 6.54 Å². The van der Waals surface area contributed by atoms with Crippen molar-refractivity contribution in [1.29, 1.82) is 0 Å².